The lowest BCUT2D eigenvalue weighted by Crippen LogP contribution is -2.42. The summed E-state index contributed by atoms with van der Waals surface area (Å²) in [6.45, 7) is 6.35. The van der Waals surface area contributed by atoms with E-state index in [-0.39, 0.29) is 0 Å². The van der Waals surface area contributed by atoms with Crippen molar-refractivity contribution in [2.45, 2.75) is 45.2 Å². The molecule has 0 spiro atoms. The summed E-state index contributed by atoms with van der Waals surface area (Å²) in [4.78, 5) is 14.7. The molecule has 2 fully saturated rings. The molecule has 3 rings (SSSR count). The summed E-state index contributed by atoms with van der Waals surface area (Å²) in [7, 11) is 0. The lowest BCUT2D eigenvalue weighted by Gasteiger charge is -2.27. The molecule has 2 aliphatic heterocycles. The number of carbonyl (C=O) groups is 1. The standard InChI is InChI=1S/C17H24N2O/c1-12-3-5-14(6-4-12)7-8-17(20)19-13(2)9-15-10-18-11-16(15)19/h3-6,13,15-16,18H,7-11H2,1-2H3. The fraction of sp³-hybridized carbons (Fsp3) is 0.588. The minimum absolute atomic E-state index is 0.328. The molecule has 1 aromatic carbocycles. The van der Waals surface area contributed by atoms with E-state index in [9.17, 15) is 4.79 Å². The molecule has 0 aromatic heterocycles. The fourth-order valence-corrected chi connectivity index (χ4v) is 3.73. The van der Waals surface area contributed by atoms with Crippen molar-refractivity contribution >= 4 is 5.91 Å². The van der Waals surface area contributed by atoms with Crippen LogP contribution < -0.4 is 5.32 Å². The molecule has 3 atom stereocenters. The largest absolute Gasteiger partial charge is 0.335 e. The molecule has 3 unspecified atom stereocenters. The van der Waals surface area contributed by atoms with Gasteiger partial charge in [-0.3, -0.25) is 4.79 Å². The van der Waals surface area contributed by atoms with Crippen LogP contribution in [-0.2, 0) is 11.2 Å². The van der Waals surface area contributed by atoms with Crippen LogP contribution in [-0.4, -0.2) is 36.0 Å². The minimum Gasteiger partial charge on any atom is -0.335 e. The molecule has 0 radical (unpaired) electrons. The molecule has 1 amide bonds. The Labute approximate surface area is 121 Å². The maximum atomic E-state index is 12.5. The molecule has 108 valence electrons. The molecule has 2 aliphatic rings. The number of nitrogens with one attached hydrogen (secondary N) is 1. The smallest absolute Gasteiger partial charge is 0.223 e. The first kappa shape index (κ1) is 13.6. The highest BCUT2D eigenvalue weighted by molar-refractivity contribution is 5.77. The highest BCUT2D eigenvalue weighted by atomic mass is 16.2. The number of nitrogens with zero attached hydrogens (tertiary/aromatic N) is 1. The first-order valence-electron chi connectivity index (χ1n) is 7.72. The SMILES string of the molecule is Cc1ccc(CCC(=O)N2C(C)CC3CNCC32)cc1. The van der Waals surface area contributed by atoms with Crippen LogP contribution in [0, 0.1) is 12.8 Å². The fourth-order valence-electron chi connectivity index (χ4n) is 3.73. The third-order valence-corrected chi connectivity index (χ3v) is 4.82. The molecule has 1 aromatic rings. The van der Waals surface area contributed by atoms with Crippen molar-refractivity contribution in [1.29, 1.82) is 0 Å². The summed E-state index contributed by atoms with van der Waals surface area (Å²) in [6.07, 6.45) is 2.65. The zero-order valence-corrected chi connectivity index (χ0v) is 12.4. The lowest BCUT2D eigenvalue weighted by molar-refractivity contribution is -0.133. The molecule has 0 aliphatic carbocycles. The van der Waals surface area contributed by atoms with Crippen LogP contribution in [0.15, 0.2) is 24.3 Å². The highest BCUT2D eigenvalue weighted by Crippen LogP contribution is 2.32. The number of amides is 1. The number of rotatable bonds is 3. The van der Waals surface area contributed by atoms with Gasteiger partial charge in [0.2, 0.25) is 5.91 Å². The van der Waals surface area contributed by atoms with E-state index in [0.717, 1.165) is 25.9 Å². The van der Waals surface area contributed by atoms with E-state index in [1.54, 1.807) is 0 Å². The summed E-state index contributed by atoms with van der Waals surface area (Å²) in [5.74, 6) is 1.00. The van der Waals surface area contributed by atoms with Crippen LogP contribution in [0.5, 0.6) is 0 Å². The third-order valence-electron chi connectivity index (χ3n) is 4.82. The van der Waals surface area contributed by atoms with Crippen molar-refractivity contribution in [3.8, 4) is 0 Å². The Kier molecular flexibility index (Phi) is 3.79. The van der Waals surface area contributed by atoms with Gasteiger partial charge in [0.1, 0.15) is 0 Å². The number of benzene rings is 1. The Hall–Kier alpha value is -1.35. The quantitative estimate of drug-likeness (QED) is 0.914. The van der Waals surface area contributed by atoms with Crippen LogP contribution in [0.2, 0.25) is 0 Å². The summed E-state index contributed by atoms with van der Waals surface area (Å²) in [6, 6.07) is 9.36. The van der Waals surface area contributed by atoms with Gasteiger partial charge >= 0.3 is 0 Å². The van der Waals surface area contributed by atoms with E-state index in [1.807, 2.05) is 0 Å². The van der Waals surface area contributed by atoms with Crippen LogP contribution in [0.1, 0.15) is 30.9 Å². The first-order chi connectivity index (χ1) is 9.65. The van der Waals surface area contributed by atoms with Gasteiger partial charge in [-0.2, -0.15) is 0 Å². The first-order valence-corrected chi connectivity index (χ1v) is 7.72. The Morgan fingerprint density at radius 2 is 2.05 bits per heavy atom. The van der Waals surface area contributed by atoms with Crippen LogP contribution in [0.4, 0.5) is 0 Å². The van der Waals surface area contributed by atoms with Gasteiger partial charge in [0, 0.05) is 31.6 Å². The van der Waals surface area contributed by atoms with Crippen LogP contribution in [0.25, 0.3) is 0 Å². The predicted octanol–water partition coefficient (Wildman–Crippen LogP) is 2.14. The molecule has 1 N–H and O–H groups in total. The molecule has 0 saturated carbocycles. The Bertz CT molecular complexity index is 482. The zero-order chi connectivity index (χ0) is 14.1. The molecule has 3 nitrogen and oxygen atoms in total. The number of likely N-dealkylation sites (tertiary alicyclic amines) is 1. The molecular weight excluding hydrogens is 248 g/mol. The van der Waals surface area contributed by atoms with Crippen molar-refractivity contribution in [1.82, 2.24) is 10.2 Å². The van der Waals surface area contributed by atoms with Gasteiger partial charge < -0.3 is 10.2 Å². The number of carbonyl (C=O) groups excluding carboxylic acids is 1. The average molecular weight is 272 g/mol. The third kappa shape index (κ3) is 2.59. The van der Waals surface area contributed by atoms with Gasteiger partial charge in [0.15, 0.2) is 0 Å². The van der Waals surface area contributed by atoms with Gasteiger partial charge in [-0.15, -0.1) is 0 Å². The predicted molar refractivity (Wildman–Crippen MR) is 80.6 cm³/mol. The van der Waals surface area contributed by atoms with E-state index in [4.69, 9.17) is 0 Å². The van der Waals surface area contributed by atoms with Crippen molar-refractivity contribution in [2.75, 3.05) is 13.1 Å². The number of fused-ring (bicyclic) bond motifs is 1. The molecular formula is C17H24N2O. The van der Waals surface area contributed by atoms with Crippen molar-refractivity contribution in [3.63, 3.8) is 0 Å². The second kappa shape index (κ2) is 5.57. The number of hydrogen-bond donors (Lipinski definition) is 1. The van der Waals surface area contributed by atoms with E-state index in [1.165, 1.54) is 11.1 Å². The minimum atomic E-state index is 0.328. The van der Waals surface area contributed by atoms with Gasteiger partial charge in [-0.1, -0.05) is 29.8 Å². The normalized spacial score (nSPS) is 28.7. The molecule has 2 saturated heterocycles. The van der Waals surface area contributed by atoms with Gasteiger partial charge in [0.05, 0.1) is 0 Å². The number of aryl methyl sites for hydroxylation is 2. The van der Waals surface area contributed by atoms with Crippen molar-refractivity contribution in [3.05, 3.63) is 35.4 Å². The summed E-state index contributed by atoms with van der Waals surface area (Å²) in [5, 5.41) is 3.42. The van der Waals surface area contributed by atoms with Crippen molar-refractivity contribution in [2.24, 2.45) is 5.92 Å². The topological polar surface area (TPSA) is 32.3 Å². The lowest BCUT2D eigenvalue weighted by atomic mass is 10.0. The van der Waals surface area contributed by atoms with Crippen LogP contribution in [0.3, 0.4) is 0 Å². The van der Waals surface area contributed by atoms with E-state index < -0.39 is 0 Å². The molecule has 3 heteroatoms. The van der Waals surface area contributed by atoms with E-state index in [2.05, 4.69) is 48.3 Å². The average Bonchev–Trinajstić information content (AvgIpc) is 2.97. The summed E-state index contributed by atoms with van der Waals surface area (Å²) in [5.41, 5.74) is 2.53. The molecule has 2 heterocycles. The monoisotopic (exact) mass is 272 g/mol. The van der Waals surface area contributed by atoms with Crippen molar-refractivity contribution < 1.29 is 4.79 Å². The summed E-state index contributed by atoms with van der Waals surface area (Å²) >= 11 is 0. The molecule has 20 heavy (non-hydrogen) atoms. The highest BCUT2D eigenvalue weighted by Gasteiger charge is 2.43. The Morgan fingerprint density at radius 3 is 2.80 bits per heavy atom. The Morgan fingerprint density at radius 1 is 1.30 bits per heavy atom. The van der Waals surface area contributed by atoms with E-state index in [0.29, 0.717) is 30.3 Å². The second-order valence-corrected chi connectivity index (χ2v) is 6.36. The van der Waals surface area contributed by atoms with Gasteiger partial charge in [0.25, 0.3) is 0 Å². The Balaban J connectivity index is 1.60. The van der Waals surface area contributed by atoms with Crippen LogP contribution >= 0.6 is 0 Å². The summed E-state index contributed by atoms with van der Waals surface area (Å²) < 4.78 is 0. The van der Waals surface area contributed by atoms with Gasteiger partial charge in [-0.25, -0.2) is 0 Å². The second-order valence-electron chi connectivity index (χ2n) is 6.36. The molecule has 0 bridgehead atoms. The van der Waals surface area contributed by atoms with E-state index >= 15 is 0 Å². The number of hydrogen-bond acceptors (Lipinski definition) is 2. The van der Waals surface area contributed by atoms with Gasteiger partial charge in [-0.05, 0) is 38.2 Å². The maximum Gasteiger partial charge on any atom is 0.223 e. The zero-order valence-electron chi connectivity index (χ0n) is 12.4. The maximum absolute atomic E-state index is 12.5.